The van der Waals surface area contributed by atoms with Gasteiger partial charge in [0.2, 0.25) is 0 Å². The first-order valence-electron chi connectivity index (χ1n) is 11.4. The molecule has 2 bridgehead atoms. The number of amides is 2. The van der Waals surface area contributed by atoms with Gasteiger partial charge in [0.15, 0.2) is 18.6 Å². The smallest absolute Gasteiger partial charge is 0.345 e. The number of hydrogen-bond acceptors (Lipinski definition) is 9. The van der Waals surface area contributed by atoms with Gasteiger partial charge in [-0.15, -0.1) is 0 Å². The van der Waals surface area contributed by atoms with Crippen LogP contribution in [0.5, 0.6) is 5.75 Å². The number of esters is 1. The average molecular weight is 501 g/mol. The van der Waals surface area contributed by atoms with Crippen molar-refractivity contribution in [2.45, 2.75) is 25.6 Å². The van der Waals surface area contributed by atoms with E-state index in [1.54, 1.807) is 6.92 Å². The van der Waals surface area contributed by atoms with Crippen molar-refractivity contribution < 1.29 is 38.3 Å². The van der Waals surface area contributed by atoms with Crippen LogP contribution in [0.15, 0.2) is 42.5 Å². The van der Waals surface area contributed by atoms with Crippen molar-refractivity contribution in [2.24, 2.45) is 0 Å². The van der Waals surface area contributed by atoms with Crippen LogP contribution >= 0.6 is 0 Å². The largest absolute Gasteiger partial charge is 0.464 e. The molecule has 0 spiro atoms. The number of carbonyl (C=O) groups excluding carboxylic acids is 2. The minimum atomic E-state index is -1.15. The SMILES string of the molecule is CCOC(=O)C1c2cc([N+](=O)[O-])c(OCOCCOC)cc2C2CN1C(=O)N2OCc1ccccc1. The normalized spacial score (nSPS) is 18.2. The fraction of sp³-hybridized carbons (Fsp3) is 0.417. The van der Waals surface area contributed by atoms with E-state index >= 15 is 0 Å². The summed E-state index contributed by atoms with van der Waals surface area (Å²) in [7, 11) is 1.52. The number of hydroxylamine groups is 2. The molecule has 2 amide bonds. The number of carbonyl (C=O) groups is 2. The molecule has 12 nitrogen and oxygen atoms in total. The summed E-state index contributed by atoms with van der Waals surface area (Å²) in [5.74, 6) is -0.726. The van der Waals surface area contributed by atoms with E-state index in [1.807, 2.05) is 30.3 Å². The molecule has 0 saturated carbocycles. The molecule has 2 aromatic rings. The van der Waals surface area contributed by atoms with Gasteiger partial charge in [0.25, 0.3) is 0 Å². The van der Waals surface area contributed by atoms with Crippen molar-refractivity contribution in [1.82, 2.24) is 9.96 Å². The number of rotatable bonds is 12. The van der Waals surface area contributed by atoms with E-state index in [0.717, 1.165) is 5.56 Å². The number of methoxy groups -OCH3 is 1. The zero-order valence-corrected chi connectivity index (χ0v) is 20.0. The van der Waals surface area contributed by atoms with Crippen LogP contribution in [0.25, 0.3) is 0 Å². The number of nitro groups is 1. The first kappa shape index (κ1) is 25.4. The van der Waals surface area contributed by atoms with Crippen molar-refractivity contribution in [3.63, 3.8) is 0 Å². The van der Waals surface area contributed by atoms with E-state index in [4.69, 9.17) is 23.8 Å². The van der Waals surface area contributed by atoms with E-state index in [9.17, 15) is 19.7 Å². The standard InChI is InChI=1S/C24H27N3O9/c1-3-34-23(28)22-18-11-19(27(30)31)21(35-15-33-10-9-32-2)12-17(18)20-13-25(22)24(29)26(20)36-14-16-7-5-4-6-8-16/h4-8,11-12,20,22H,3,9-10,13-15H2,1-2H3. The molecule has 2 aliphatic rings. The highest BCUT2D eigenvalue weighted by molar-refractivity contribution is 5.88. The highest BCUT2D eigenvalue weighted by Crippen LogP contribution is 2.48. The molecule has 192 valence electrons. The van der Waals surface area contributed by atoms with Gasteiger partial charge < -0.3 is 23.8 Å². The fourth-order valence-electron chi connectivity index (χ4n) is 4.24. The number of nitro benzene ring substituents is 1. The Labute approximate surface area is 207 Å². The van der Waals surface area contributed by atoms with Gasteiger partial charge in [0.1, 0.15) is 12.6 Å². The number of fused-ring (bicyclic) bond motifs is 4. The van der Waals surface area contributed by atoms with E-state index < -0.39 is 29.0 Å². The topological polar surface area (TPSA) is 130 Å². The Balaban J connectivity index is 1.69. The highest BCUT2D eigenvalue weighted by atomic mass is 16.7. The molecule has 12 heteroatoms. The van der Waals surface area contributed by atoms with Gasteiger partial charge >= 0.3 is 17.7 Å². The Morgan fingerprint density at radius 2 is 1.94 bits per heavy atom. The number of nitrogens with zero attached hydrogens (tertiary/aromatic N) is 3. The summed E-state index contributed by atoms with van der Waals surface area (Å²) in [6.07, 6.45) is 0. The van der Waals surface area contributed by atoms with E-state index in [-0.39, 0.29) is 44.6 Å². The van der Waals surface area contributed by atoms with Crippen molar-refractivity contribution in [3.05, 3.63) is 69.3 Å². The molecule has 2 atom stereocenters. The van der Waals surface area contributed by atoms with Crippen LogP contribution in [0.4, 0.5) is 10.5 Å². The van der Waals surface area contributed by atoms with Gasteiger partial charge in [-0.25, -0.2) is 9.59 Å². The summed E-state index contributed by atoms with van der Waals surface area (Å²) < 4.78 is 21.0. The lowest BCUT2D eigenvalue weighted by Gasteiger charge is -2.31. The highest BCUT2D eigenvalue weighted by Gasteiger charge is 2.52. The van der Waals surface area contributed by atoms with Crippen molar-refractivity contribution in [3.8, 4) is 5.75 Å². The van der Waals surface area contributed by atoms with Gasteiger partial charge in [-0.3, -0.25) is 15.0 Å². The van der Waals surface area contributed by atoms with E-state index in [2.05, 4.69) is 0 Å². The predicted octanol–water partition coefficient (Wildman–Crippen LogP) is 3.12. The summed E-state index contributed by atoms with van der Waals surface area (Å²) in [4.78, 5) is 44.6. The second-order valence-corrected chi connectivity index (χ2v) is 8.06. The zero-order chi connectivity index (χ0) is 25.7. The maximum Gasteiger partial charge on any atom is 0.345 e. The van der Waals surface area contributed by atoms with Crippen LogP contribution in [0, 0.1) is 10.1 Å². The molecule has 2 aromatic carbocycles. The molecule has 1 saturated heterocycles. The maximum absolute atomic E-state index is 13.3. The average Bonchev–Trinajstić information content (AvgIpc) is 3.15. The van der Waals surface area contributed by atoms with Crippen molar-refractivity contribution >= 4 is 17.7 Å². The summed E-state index contributed by atoms with van der Waals surface area (Å²) in [5, 5.41) is 13.0. The first-order chi connectivity index (χ1) is 17.5. The van der Waals surface area contributed by atoms with Gasteiger partial charge in [-0.1, -0.05) is 30.3 Å². The lowest BCUT2D eigenvalue weighted by atomic mass is 9.90. The fourth-order valence-corrected chi connectivity index (χ4v) is 4.24. The Kier molecular flexibility index (Phi) is 7.98. The summed E-state index contributed by atoms with van der Waals surface area (Å²) in [5.41, 5.74) is 1.29. The van der Waals surface area contributed by atoms with E-state index in [1.165, 1.54) is 29.2 Å². The molecule has 4 rings (SSSR count). The Hall–Kier alpha value is -3.74. The van der Waals surface area contributed by atoms with Crippen LogP contribution in [0.2, 0.25) is 0 Å². The molecule has 0 radical (unpaired) electrons. The lowest BCUT2D eigenvalue weighted by molar-refractivity contribution is -0.386. The van der Waals surface area contributed by atoms with Gasteiger partial charge in [0.05, 0.1) is 31.3 Å². The molecular formula is C24H27N3O9. The molecule has 0 aromatic heterocycles. The molecule has 36 heavy (non-hydrogen) atoms. The number of ether oxygens (including phenoxy) is 4. The van der Waals surface area contributed by atoms with Crippen LogP contribution in [-0.2, 0) is 30.4 Å². The van der Waals surface area contributed by atoms with Gasteiger partial charge in [0, 0.05) is 13.2 Å². The molecule has 2 unspecified atom stereocenters. The minimum Gasteiger partial charge on any atom is -0.464 e. The molecule has 2 aliphatic heterocycles. The third-order valence-electron chi connectivity index (χ3n) is 5.87. The van der Waals surface area contributed by atoms with Crippen molar-refractivity contribution in [2.75, 3.05) is 40.3 Å². The number of urea groups is 1. The Morgan fingerprint density at radius 3 is 2.64 bits per heavy atom. The van der Waals surface area contributed by atoms with Crippen LogP contribution < -0.4 is 4.74 Å². The summed E-state index contributed by atoms with van der Waals surface area (Å²) in [6, 6.07) is 9.75. The Bertz CT molecular complexity index is 1110. The second kappa shape index (κ2) is 11.3. The third-order valence-corrected chi connectivity index (χ3v) is 5.87. The number of hydrogen-bond donors (Lipinski definition) is 0. The first-order valence-corrected chi connectivity index (χ1v) is 11.4. The lowest BCUT2D eigenvalue weighted by Crippen LogP contribution is -2.39. The van der Waals surface area contributed by atoms with E-state index in [0.29, 0.717) is 17.7 Å². The minimum absolute atomic E-state index is 0.0467. The molecule has 0 N–H and O–H groups in total. The summed E-state index contributed by atoms with van der Waals surface area (Å²) >= 11 is 0. The molecular weight excluding hydrogens is 474 g/mol. The van der Waals surface area contributed by atoms with Crippen LogP contribution in [-0.4, -0.2) is 67.2 Å². The monoisotopic (exact) mass is 501 g/mol. The van der Waals surface area contributed by atoms with Crippen LogP contribution in [0.1, 0.15) is 35.7 Å². The van der Waals surface area contributed by atoms with Gasteiger partial charge in [-0.05, 0) is 29.7 Å². The quantitative estimate of drug-likeness (QED) is 0.142. The molecule has 1 fully saturated rings. The van der Waals surface area contributed by atoms with Crippen LogP contribution in [0.3, 0.4) is 0 Å². The Morgan fingerprint density at radius 1 is 1.17 bits per heavy atom. The molecule has 2 heterocycles. The number of benzene rings is 2. The van der Waals surface area contributed by atoms with Gasteiger partial charge in [-0.2, -0.15) is 5.06 Å². The molecule has 0 aliphatic carbocycles. The third kappa shape index (κ3) is 5.10. The van der Waals surface area contributed by atoms with Crippen molar-refractivity contribution in [1.29, 1.82) is 0 Å². The second-order valence-electron chi connectivity index (χ2n) is 8.06. The predicted molar refractivity (Wildman–Crippen MR) is 124 cm³/mol. The summed E-state index contributed by atoms with van der Waals surface area (Å²) in [6.45, 7) is 2.35. The maximum atomic E-state index is 13.3. The zero-order valence-electron chi connectivity index (χ0n) is 20.0.